The fourth-order valence-electron chi connectivity index (χ4n) is 3.09. The van der Waals surface area contributed by atoms with Gasteiger partial charge in [-0.25, -0.2) is 0 Å². The van der Waals surface area contributed by atoms with Crippen molar-refractivity contribution in [2.75, 3.05) is 14.1 Å². The lowest BCUT2D eigenvalue weighted by Crippen LogP contribution is -2.36. The van der Waals surface area contributed by atoms with Crippen LogP contribution in [0.15, 0.2) is 27.1 Å². The molecule has 20 heavy (non-hydrogen) atoms. The van der Waals surface area contributed by atoms with E-state index in [1.807, 2.05) is 0 Å². The molecule has 0 spiro atoms. The van der Waals surface area contributed by atoms with Crippen molar-refractivity contribution >= 4 is 31.9 Å². The number of nitrogens with zero attached hydrogens (tertiary/aromatic N) is 1. The predicted molar refractivity (Wildman–Crippen MR) is 90.9 cm³/mol. The van der Waals surface area contributed by atoms with E-state index < -0.39 is 5.60 Å². The first kappa shape index (κ1) is 16.5. The summed E-state index contributed by atoms with van der Waals surface area (Å²) in [6, 6.07) is 6.62. The fraction of sp³-hybridized carbons (Fsp3) is 0.625. The van der Waals surface area contributed by atoms with Gasteiger partial charge in [-0.2, -0.15) is 0 Å². The van der Waals surface area contributed by atoms with Crippen molar-refractivity contribution in [3.8, 4) is 0 Å². The van der Waals surface area contributed by atoms with Crippen LogP contribution in [0.3, 0.4) is 0 Å². The van der Waals surface area contributed by atoms with Gasteiger partial charge in [0.15, 0.2) is 0 Å². The highest BCUT2D eigenvalue weighted by molar-refractivity contribution is 9.13. The summed E-state index contributed by atoms with van der Waals surface area (Å²) < 4.78 is 2.13. The summed E-state index contributed by atoms with van der Waals surface area (Å²) in [5.74, 6) is 0. The van der Waals surface area contributed by atoms with Gasteiger partial charge in [-0.3, -0.25) is 0 Å². The third kappa shape index (κ3) is 4.06. The second-order valence-electron chi connectivity index (χ2n) is 6.14. The minimum absolute atomic E-state index is 0.252. The van der Waals surface area contributed by atoms with Crippen LogP contribution >= 0.6 is 31.9 Å². The van der Waals surface area contributed by atoms with Crippen LogP contribution in [-0.4, -0.2) is 29.7 Å². The maximum absolute atomic E-state index is 10.8. The first-order chi connectivity index (χ1) is 9.41. The molecule has 1 aliphatic rings. The smallest absolute Gasteiger partial charge is 0.0666 e. The number of benzene rings is 1. The van der Waals surface area contributed by atoms with Crippen molar-refractivity contribution in [1.82, 2.24) is 4.90 Å². The molecule has 0 aromatic heterocycles. The standard InChI is InChI=1S/C16H23Br2NO/c1-19(2)15(11-16(20)8-4-3-5-9-16)12-6-7-13(17)14(18)10-12/h6-7,10,15,20H,3-5,8-9,11H2,1-2H3. The van der Waals surface area contributed by atoms with Crippen LogP contribution in [0, 0.1) is 0 Å². The van der Waals surface area contributed by atoms with Crippen LogP contribution < -0.4 is 0 Å². The Morgan fingerprint density at radius 3 is 2.35 bits per heavy atom. The molecule has 0 saturated heterocycles. The number of rotatable bonds is 4. The van der Waals surface area contributed by atoms with E-state index in [4.69, 9.17) is 0 Å². The second kappa shape index (κ2) is 6.91. The molecule has 2 rings (SSSR count). The van der Waals surface area contributed by atoms with Gasteiger partial charge in [0, 0.05) is 15.0 Å². The van der Waals surface area contributed by atoms with Crippen molar-refractivity contribution < 1.29 is 5.11 Å². The first-order valence-corrected chi connectivity index (χ1v) is 8.84. The summed E-state index contributed by atoms with van der Waals surface area (Å²) in [5.41, 5.74) is 0.760. The van der Waals surface area contributed by atoms with Crippen molar-refractivity contribution in [2.24, 2.45) is 0 Å². The van der Waals surface area contributed by atoms with Crippen LogP contribution in [0.2, 0.25) is 0 Å². The van der Waals surface area contributed by atoms with Gasteiger partial charge >= 0.3 is 0 Å². The quantitative estimate of drug-likeness (QED) is 0.771. The zero-order valence-electron chi connectivity index (χ0n) is 12.2. The molecule has 0 radical (unpaired) electrons. The molecule has 1 atom stereocenters. The lowest BCUT2D eigenvalue weighted by molar-refractivity contribution is -0.0227. The Labute approximate surface area is 138 Å². The van der Waals surface area contributed by atoms with Crippen molar-refractivity contribution in [3.63, 3.8) is 0 Å². The van der Waals surface area contributed by atoms with E-state index in [-0.39, 0.29) is 6.04 Å². The van der Waals surface area contributed by atoms with Gasteiger partial charge in [0.2, 0.25) is 0 Å². The van der Waals surface area contributed by atoms with Gasteiger partial charge < -0.3 is 10.0 Å². The lowest BCUT2D eigenvalue weighted by Gasteiger charge is -2.37. The first-order valence-electron chi connectivity index (χ1n) is 7.25. The largest absolute Gasteiger partial charge is 0.390 e. The molecular formula is C16H23Br2NO. The molecule has 2 nitrogen and oxygen atoms in total. The van der Waals surface area contributed by atoms with Crippen LogP contribution in [0.4, 0.5) is 0 Å². The third-order valence-electron chi connectivity index (χ3n) is 4.31. The van der Waals surface area contributed by atoms with Crippen LogP contribution in [0.5, 0.6) is 0 Å². The topological polar surface area (TPSA) is 23.5 Å². The summed E-state index contributed by atoms with van der Waals surface area (Å²) in [6.07, 6.45) is 6.26. The minimum atomic E-state index is -0.493. The van der Waals surface area contributed by atoms with E-state index in [2.05, 4.69) is 69.1 Å². The Kier molecular flexibility index (Phi) is 5.69. The Balaban J connectivity index is 2.20. The summed E-state index contributed by atoms with van der Waals surface area (Å²) >= 11 is 7.09. The minimum Gasteiger partial charge on any atom is -0.390 e. The van der Waals surface area contributed by atoms with E-state index >= 15 is 0 Å². The number of aliphatic hydroxyl groups is 1. The third-order valence-corrected chi connectivity index (χ3v) is 6.19. The van der Waals surface area contributed by atoms with E-state index in [0.29, 0.717) is 0 Å². The van der Waals surface area contributed by atoms with Gasteiger partial charge in [-0.05, 0) is 82.9 Å². The predicted octanol–water partition coefficient (Wildman–Crippen LogP) is 4.90. The molecule has 0 amide bonds. The maximum Gasteiger partial charge on any atom is 0.0666 e. The molecular weight excluding hydrogens is 382 g/mol. The average molecular weight is 405 g/mol. The van der Waals surface area contributed by atoms with Crippen LogP contribution in [0.25, 0.3) is 0 Å². The molecule has 1 aromatic rings. The maximum atomic E-state index is 10.8. The molecule has 0 heterocycles. The molecule has 0 aliphatic heterocycles. The zero-order chi connectivity index (χ0) is 14.8. The second-order valence-corrected chi connectivity index (χ2v) is 7.85. The normalized spacial score (nSPS) is 20.1. The van der Waals surface area contributed by atoms with Gasteiger partial charge in [0.25, 0.3) is 0 Å². The lowest BCUT2D eigenvalue weighted by atomic mass is 9.79. The molecule has 1 unspecified atom stereocenters. The Morgan fingerprint density at radius 2 is 1.80 bits per heavy atom. The summed E-state index contributed by atoms with van der Waals surface area (Å²) in [5, 5.41) is 10.8. The van der Waals surface area contributed by atoms with Gasteiger partial charge in [-0.15, -0.1) is 0 Å². The Bertz CT molecular complexity index is 456. The number of hydrogen-bond acceptors (Lipinski definition) is 2. The Morgan fingerprint density at radius 1 is 1.15 bits per heavy atom. The van der Waals surface area contributed by atoms with E-state index in [0.717, 1.165) is 41.0 Å². The monoisotopic (exact) mass is 403 g/mol. The molecule has 1 aromatic carbocycles. The highest BCUT2D eigenvalue weighted by Gasteiger charge is 2.33. The molecule has 112 valence electrons. The van der Waals surface area contributed by atoms with Gasteiger partial charge in [0.1, 0.15) is 0 Å². The summed E-state index contributed by atoms with van der Waals surface area (Å²) in [7, 11) is 4.18. The van der Waals surface area contributed by atoms with Gasteiger partial charge in [0.05, 0.1) is 5.60 Å². The SMILES string of the molecule is CN(C)C(CC1(O)CCCCC1)c1ccc(Br)c(Br)c1. The highest BCUT2D eigenvalue weighted by atomic mass is 79.9. The zero-order valence-corrected chi connectivity index (χ0v) is 15.4. The van der Waals surface area contributed by atoms with E-state index in [1.54, 1.807) is 0 Å². The summed E-state index contributed by atoms with van der Waals surface area (Å²) in [6.45, 7) is 0. The highest BCUT2D eigenvalue weighted by Crippen LogP contribution is 2.38. The summed E-state index contributed by atoms with van der Waals surface area (Å²) in [4.78, 5) is 2.21. The Hall–Kier alpha value is 0.1000. The van der Waals surface area contributed by atoms with Crippen molar-refractivity contribution in [3.05, 3.63) is 32.7 Å². The molecule has 0 bridgehead atoms. The molecule has 1 saturated carbocycles. The van der Waals surface area contributed by atoms with E-state index in [1.165, 1.54) is 12.0 Å². The van der Waals surface area contributed by atoms with Crippen LogP contribution in [0.1, 0.15) is 50.1 Å². The van der Waals surface area contributed by atoms with Crippen molar-refractivity contribution in [1.29, 1.82) is 0 Å². The molecule has 1 fully saturated rings. The average Bonchev–Trinajstić information content (AvgIpc) is 2.40. The molecule has 1 aliphatic carbocycles. The molecule has 4 heteroatoms. The number of halogens is 2. The van der Waals surface area contributed by atoms with Crippen LogP contribution in [-0.2, 0) is 0 Å². The molecule has 1 N–H and O–H groups in total. The fourth-order valence-corrected chi connectivity index (χ4v) is 3.74. The van der Waals surface area contributed by atoms with Crippen molar-refractivity contribution in [2.45, 2.75) is 50.2 Å². The van der Waals surface area contributed by atoms with E-state index in [9.17, 15) is 5.11 Å². The number of hydrogen-bond donors (Lipinski definition) is 1. The van der Waals surface area contributed by atoms with Gasteiger partial charge in [-0.1, -0.05) is 25.3 Å².